The van der Waals surface area contributed by atoms with Gasteiger partial charge in [-0.25, -0.2) is 0 Å². The lowest BCUT2D eigenvalue weighted by atomic mass is 9.94. The lowest BCUT2D eigenvalue weighted by Crippen LogP contribution is -2.44. The lowest BCUT2D eigenvalue weighted by Gasteiger charge is -2.36. The zero-order valence-electron chi connectivity index (χ0n) is 12.9. The van der Waals surface area contributed by atoms with E-state index in [1.165, 1.54) is 37.9 Å². The summed E-state index contributed by atoms with van der Waals surface area (Å²) in [5.41, 5.74) is 4.68. The molecular weight excluding hydrogens is 246 g/mol. The van der Waals surface area contributed by atoms with Gasteiger partial charge in [-0.1, -0.05) is 18.2 Å². The Labute approximate surface area is 123 Å². The summed E-state index contributed by atoms with van der Waals surface area (Å²) in [5, 5.41) is 3.47. The third-order valence-electron chi connectivity index (χ3n) is 4.84. The molecule has 1 fully saturated rings. The zero-order valence-corrected chi connectivity index (χ0v) is 12.9. The average Bonchev–Trinajstić information content (AvgIpc) is 2.48. The Hall–Kier alpha value is -0.900. The van der Waals surface area contributed by atoms with E-state index in [0.717, 1.165) is 25.7 Å². The first-order valence-electron chi connectivity index (χ1n) is 7.93. The fourth-order valence-corrected chi connectivity index (χ4v) is 3.60. The second kappa shape index (κ2) is 6.25. The summed E-state index contributed by atoms with van der Waals surface area (Å²) < 4.78 is 0. The van der Waals surface area contributed by atoms with Gasteiger partial charge in [0.2, 0.25) is 0 Å². The highest BCUT2D eigenvalue weighted by atomic mass is 15.2. The molecule has 1 aromatic rings. The van der Waals surface area contributed by atoms with E-state index in [0.29, 0.717) is 0 Å². The summed E-state index contributed by atoms with van der Waals surface area (Å²) in [6.07, 6.45) is 3.87. The van der Waals surface area contributed by atoms with Crippen molar-refractivity contribution in [2.45, 2.75) is 38.4 Å². The van der Waals surface area contributed by atoms with E-state index in [9.17, 15) is 0 Å². The summed E-state index contributed by atoms with van der Waals surface area (Å²) in [4.78, 5) is 5.03. The number of hydrogen-bond donors (Lipinski definition) is 1. The summed E-state index contributed by atoms with van der Waals surface area (Å²) in [6, 6.07) is 7.58. The minimum absolute atomic E-state index is 0.727. The molecule has 2 heterocycles. The zero-order chi connectivity index (χ0) is 13.9. The van der Waals surface area contributed by atoms with Crippen molar-refractivity contribution < 1.29 is 0 Å². The smallest absolute Gasteiger partial charge is 0.0237 e. The summed E-state index contributed by atoms with van der Waals surface area (Å²) in [5.74, 6) is 0. The molecule has 0 amide bonds. The van der Waals surface area contributed by atoms with Gasteiger partial charge in [0.1, 0.15) is 0 Å². The topological polar surface area (TPSA) is 18.5 Å². The summed E-state index contributed by atoms with van der Waals surface area (Å²) >= 11 is 0. The molecule has 0 aromatic heterocycles. The molecule has 2 aliphatic rings. The van der Waals surface area contributed by atoms with Crippen LogP contribution in [0.1, 0.15) is 29.5 Å². The lowest BCUT2D eigenvalue weighted by molar-refractivity contribution is 0.127. The van der Waals surface area contributed by atoms with Crippen molar-refractivity contribution in [2.75, 3.05) is 33.7 Å². The Morgan fingerprint density at radius 1 is 1.35 bits per heavy atom. The van der Waals surface area contributed by atoms with Crippen molar-refractivity contribution in [3.05, 3.63) is 34.9 Å². The van der Waals surface area contributed by atoms with Gasteiger partial charge in [-0.15, -0.1) is 0 Å². The number of likely N-dealkylation sites (tertiary alicyclic amines) is 1. The number of rotatable bonds is 3. The number of benzene rings is 1. The van der Waals surface area contributed by atoms with Crippen molar-refractivity contribution in [2.24, 2.45) is 0 Å². The predicted molar refractivity (Wildman–Crippen MR) is 83.8 cm³/mol. The molecule has 110 valence electrons. The second-order valence-corrected chi connectivity index (χ2v) is 6.48. The molecule has 0 radical (unpaired) electrons. The Bertz CT molecular complexity index is 456. The van der Waals surface area contributed by atoms with Crippen LogP contribution in [0, 0.1) is 0 Å². The van der Waals surface area contributed by atoms with E-state index < -0.39 is 0 Å². The molecule has 0 bridgehead atoms. The standard InChI is InChI=1S/C17H27N3/c1-19(2)16-7-4-10-20(13-16)12-15-6-3-5-14-11-18-9-8-17(14)15/h3,5-6,16,18H,4,7-13H2,1-2H3. The highest BCUT2D eigenvalue weighted by Gasteiger charge is 2.22. The number of nitrogens with zero attached hydrogens (tertiary/aromatic N) is 2. The van der Waals surface area contributed by atoms with E-state index in [1.807, 2.05) is 0 Å². The van der Waals surface area contributed by atoms with Crippen LogP contribution in [-0.2, 0) is 19.5 Å². The van der Waals surface area contributed by atoms with Gasteiger partial charge in [0.05, 0.1) is 0 Å². The van der Waals surface area contributed by atoms with Gasteiger partial charge in [-0.05, 0) is 63.1 Å². The molecule has 1 saturated heterocycles. The van der Waals surface area contributed by atoms with Crippen LogP contribution in [0.5, 0.6) is 0 Å². The van der Waals surface area contributed by atoms with Crippen LogP contribution in [0.15, 0.2) is 18.2 Å². The molecule has 0 saturated carbocycles. The van der Waals surface area contributed by atoms with Crippen molar-refractivity contribution in [3.63, 3.8) is 0 Å². The molecule has 1 atom stereocenters. The molecule has 2 aliphatic heterocycles. The molecule has 20 heavy (non-hydrogen) atoms. The maximum atomic E-state index is 3.47. The third kappa shape index (κ3) is 3.05. The predicted octanol–water partition coefficient (Wildman–Crippen LogP) is 1.86. The molecule has 0 spiro atoms. The number of nitrogens with one attached hydrogen (secondary N) is 1. The fraction of sp³-hybridized carbons (Fsp3) is 0.647. The first-order chi connectivity index (χ1) is 9.74. The van der Waals surface area contributed by atoms with Crippen LogP contribution >= 0.6 is 0 Å². The van der Waals surface area contributed by atoms with E-state index in [4.69, 9.17) is 0 Å². The third-order valence-corrected chi connectivity index (χ3v) is 4.84. The van der Waals surface area contributed by atoms with E-state index in [2.05, 4.69) is 47.4 Å². The molecule has 3 nitrogen and oxygen atoms in total. The van der Waals surface area contributed by atoms with Crippen LogP contribution in [0.3, 0.4) is 0 Å². The molecule has 1 aromatic carbocycles. The van der Waals surface area contributed by atoms with Gasteiger partial charge in [0.25, 0.3) is 0 Å². The van der Waals surface area contributed by atoms with Crippen LogP contribution < -0.4 is 5.32 Å². The molecular formula is C17H27N3. The van der Waals surface area contributed by atoms with Crippen molar-refractivity contribution in [1.82, 2.24) is 15.1 Å². The number of piperidine rings is 1. The van der Waals surface area contributed by atoms with Gasteiger partial charge >= 0.3 is 0 Å². The quantitative estimate of drug-likeness (QED) is 0.907. The minimum Gasteiger partial charge on any atom is -0.312 e. The Balaban J connectivity index is 1.71. The summed E-state index contributed by atoms with van der Waals surface area (Å²) in [7, 11) is 4.43. The Morgan fingerprint density at radius 2 is 2.25 bits per heavy atom. The fourth-order valence-electron chi connectivity index (χ4n) is 3.60. The molecule has 3 rings (SSSR count). The first kappa shape index (κ1) is 14.1. The summed E-state index contributed by atoms with van der Waals surface area (Å²) in [6.45, 7) is 5.78. The maximum Gasteiger partial charge on any atom is 0.0237 e. The Morgan fingerprint density at radius 3 is 3.10 bits per heavy atom. The van der Waals surface area contributed by atoms with E-state index in [-0.39, 0.29) is 0 Å². The second-order valence-electron chi connectivity index (χ2n) is 6.48. The largest absolute Gasteiger partial charge is 0.312 e. The highest BCUT2D eigenvalue weighted by Crippen LogP contribution is 2.22. The van der Waals surface area contributed by atoms with Crippen LogP contribution in [-0.4, -0.2) is 49.6 Å². The minimum atomic E-state index is 0.727. The van der Waals surface area contributed by atoms with Crippen LogP contribution in [0.25, 0.3) is 0 Å². The van der Waals surface area contributed by atoms with Crippen molar-refractivity contribution in [3.8, 4) is 0 Å². The number of hydrogen-bond acceptors (Lipinski definition) is 3. The van der Waals surface area contributed by atoms with Gasteiger partial charge in [-0.2, -0.15) is 0 Å². The Kier molecular flexibility index (Phi) is 4.39. The van der Waals surface area contributed by atoms with E-state index in [1.54, 1.807) is 11.1 Å². The van der Waals surface area contributed by atoms with Crippen molar-refractivity contribution >= 4 is 0 Å². The SMILES string of the molecule is CN(C)C1CCCN(Cc2cccc3c2CCNC3)C1. The highest BCUT2D eigenvalue weighted by molar-refractivity contribution is 5.37. The molecule has 1 N–H and O–H groups in total. The van der Waals surface area contributed by atoms with Gasteiger partial charge < -0.3 is 10.2 Å². The molecule has 3 heteroatoms. The van der Waals surface area contributed by atoms with Gasteiger partial charge in [0, 0.05) is 25.7 Å². The van der Waals surface area contributed by atoms with Crippen molar-refractivity contribution in [1.29, 1.82) is 0 Å². The van der Waals surface area contributed by atoms with Gasteiger partial charge in [0.15, 0.2) is 0 Å². The number of likely N-dealkylation sites (N-methyl/N-ethyl adjacent to an activating group) is 1. The normalized spacial score (nSPS) is 23.9. The molecule has 0 aliphatic carbocycles. The van der Waals surface area contributed by atoms with Crippen LogP contribution in [0.4, 0.5) is 0 Å². The average molecular weight is 273 g/mol. The monoisotopic (exact) mass is 273 g/mol. The molecule has 1 unspecified atom stereocenters. The first-order valence-corrected chi connectivity index (χ1v) is 7.93. The maximum absolute atomic E-state index is 3.47. The van der Waals surface area contributed by atoms with Gasteiger partial charge in [-0.3, -0.25) is 4.90 Å². The van der Waals surface area contributed by atoms with Crippen LogP contribution in [0.2, 0.25) is 0 Å². The number of fused-ring (bicyclic) bond motifs is 1. The van der Waals surface area contributed by atoms with E-state index >= 15 is 0 Å².